The number of nitrogens with one attached hydrogen (secondary N) is 1. The third-order valence-corrected chi connectivity index (χ3v) is 6.13. The van der Waals surface area contributed by atoms with E-state index in [9.17, 15) is 14.9 Å². The summed E-state index contributed by atoms with van der Waals surface area (Å²) in [5, 5.41) is 17.1. The predicted octanol–water partition coefficient (Wildman–Crippen LogP) is 6.06. The Morgan fingerprint density at radius 3 is 2.47 bits per heavy atom. The summed E-state index contributed by atoms with van der Waals surface area (Å²) in [5.41, 5.74) is 4.49. The molecular weight excluding hydrogens is 376 g/mol. The Hall–Kier alpha value is -3.47. The van der Waals surface area contributed by atoms with Gasteiger partial charge in [-0.05, 0) is 45.9 Å². The number of nitrogens with zero attached hydrogens (tertiary/aromatic N) is 1. The average Bonchev–Trinajstić information content (AvgIpc) is 2.71. The zero-order valence-electron chi connectivity index (χ0n) is 16.9. The molecule has 0 aromatic heterocycles. The highest BCUT2D eigenvalue weighted by Crippen LogP contribution is 2.51. The van der Waals surface area contributed by atoms with Gasteiger partial charge in [0, 0.05) is 35.4 Å². The standard InChI is InChI=1S/C25H22N2O3/c1-25(2)13-20-19-11-15-6-3-4-7-16(15)12-21(19)26-24(23(20)22(28)14-25)17-8-5-9-18(10-17)27(29)30/h3-12,24,26H,13-14H2,1-2H3. The number of anilines is 1. The average molecular weight is 398 g/mol. The van der Waals surface area contributed by atoms with Gasteiger partial charge < -0.3 is 5.32 Å². The number of carbonyl (C=O) groups is 1. The molecule has 5 nitrogen and oxygen atoms in total. The van der Waals surface area contributed by atoms with Crippen molar-refractivity contribution in [1.82, 2.24) is 0 Å². The molecule has 1 N–H and O–H groups in total. The van der Waals surface area contributed by atoms with E-state index in [0.717, 1.165) is 45.2 Å². The van der Waals surface area contributed by atoms with E-state index in [4.69, 9.17) is 0 Å². The number of hydrogen-bond donors (Lipinski definition) is 1. The number of nitro benzene ring substituents is 1. The van der Waals surface area contributed by atoms with Crippen molar-refractivity contribution in [2.75, 3.05) is 5.32 Å². The lowest BCUT2D eigenvalue weighted by atomic mass is 9.68. The van der Waals surface area contributed by atoms with Crippen LogP contribution in [-0.4, -0.2) is 10.7 Å². The van der Waals surface area contributed by atoms with Crippen LogP contribution in [0.1, 0.15) is 43.9 Å². The molecule has 5 rings (SSSR count). The zero-order valence-corrected chi connectivity index (χ0v) is 16.9. The molecule has 5 heteroatoms. The number of rotatable bonds is 2. The molecule has 0 saturated heterocycles. The highest BCUT2D eigenvalue weighted by Gasteiger charge is 2.40. The Labute approximate surface area is 174 Å². The van der Waals surface area contributed by atoms with E-state index < -0.39 is 11.0 Å². The summed E-state index contributed by atoms with van der Waals surface area (Å²) < 4.78 is 0. The van der Waals surface area contributed by atoms with Gasteiger partial charge in [0.1, 0.15) is 0 Å². The molecule has 0 saturated carbocycles. The minimum Gasteiger partial charge on any atom is -0.373 e. The van der Waals surface area contributed by atoms with E-state index in [1.807, 2.05) is 18.2 Å². The number of ketones is 1. The Balaban J connectivity index is 1.75. The van der Waals surface area contributed by atoms with Crippen molar-refractivity contribution in [3.05, 3.63) is 87.5 Å². The van der Waals surface area contributed by atoms with Crippen LogP contribution in [0, 0.1) is 15.5 Å². The minimum atomic E-state index is -0.394. The van der Waals surface area contributed by atoms with Crippen LogP contribution in [0.25, 0.3) is 16.3 Å². The van der Waals surface area contributed by atoms with Crippen molar-refractivity contribution in [2.24, 2.45) is 5.41 Å². The van der Waals surface area contributed by atoms with Crippen molar-refractivity contribution in [2.45, 2.75) is 32.7 Å². The molecular formula is C25H22N2O3. The number of benzene rings is 3. The number of hydrogen-bond acceptors (Lipinski definition) is 4. The number of non-ortho nitro benzene ring substituents is 1. The van der Waals surface area contributed by atoms with Gasteiger partial charge in [0.15, 0.2) is 5.78 Å². The highest BCUT2D eigenvalue weighted by atomic mass is 16.6. The molecule has 1 aliphatic heterocycles. The van der Waals surface area contributed by atoms with E-state index >= 15 is 0 Å². The number of nitro groups is 1. The first-order valence-corrected chi connectivity index (χ1v) is 10.1. The van der Waals surface area contributed by atoms with Crippen molar-refractivity contribution in [3.63, 3.8) is 0 Å². The van der Waals surface area contributed by atoms with Crippen molar-refractivity contribution in [3.8, 4) is 0 Å². The number of Topliss-reactive ketones (excluding diaryl/α,β-unsaturated/α-hetero) is 1. The molecule has 3 aromatic rings. The van der Waals surface area contributed by atoms with Crippen LogP contribution in [-0.2, 0) is 4.79 Å². The molecule has 3 aromatic carbocycles. The quantitative estimate of drug-likeness (QED) is 0.421. The van der Waals surface area contributed by atoms with Gasteiger partial charge in [-0.25, -0.2) is 0 Å². The van der Waals surface area contributed by atoms with Crippen LogP contribution in [0.3, 0.4) is 0 Å². The SMILES string of the molecule is CC1(C)CC(=O)C2=C(C1)c1cc3ccccc3cc1NC2c1cccc([N+](=O)[O-])c1. The van der Waals surface area contributed by atoms with Gasteiger partial charge in [-0.3, -0.25) is 14.9 Å². The second-order valence-electron chi connectivity index (χ2n) is 9.01. The van der Waals surface area contributed by atoms with Crippen LogP contribution in [0.4, 0.5) is 11.4 Å². The molecule has 1 heterocycles. The molecule has 0 bridgehead atoms. The lowest BCUT2D eigenvalue weighted by molar-refractivity contribution is -0.384. The van der Waals surface area contributed by atoms with Gasteiger partial charge >= 0.3 is 0 Å². The maximum absolute atomic E-state index is 13.3. The summed E-state index contributed by atoms with van der Waals surface area (Å²) in [6.45, 7) is 4.25. The van der Waals surface area contributed by atoms with Crippen LogP contribution < -0.4 is 5.32 Å². The van der Waals surface area contributed by atoms with E-state index in [-0.39, 0.29) is 16.9 Å². The van der Waals surface area contributed by atoms with Crippen molar-refractivity contribution >= 4 is 33.5 Å². The fourth-order valence-electron chi connectivity index (χ4n) is 4.81. The number of carbonyl (C=O) groups excluding carboxylic acids is 1. The zero-order chi connectivity index (χ0) is 21.0. The number of fused-ring (bicyclic) bond motifs is 3. The summed E-state index contributed by atoms with van der Waals surface area (Å²) in [4.78, 5) is 24.2. The number of allylic oxidation sites excluding steroid dienone is 1. The predicted molar refractivity (Wildman–Crippen MR) is 118 cm³/mol. The second-order valence-corrected chi connectivity index (χ2v) is 9.01. The Morgan fingerprint density at radius 1 is 1.00 bits per heavy atom. The van der Waals surface area contributed by atoms with Gasteiger partial charge in [0.05, 0.1) is 11.0 Å². The third-order valence-electron chi connectivity index (χ3n) is 6.13. The molecule has 1 aliphatic carbocycles. The van der Waals surface area contributed by atoms with Crippen molar-refractivity contribution < 1.29 is 9.72 Å². The summed E-state index contributed by atoms with van der Waals surface area (Å²) in [5.74, 6) is 0.115. The maximum atomic E-state index is 13.3. The highest BCUT2D eigenvalue weighted by molar-refractivity contribution is 6.10. The molecule has 0 amide bonds. The Bertz CT molecular complexity index is 1260. The fraction of sp³-hybridized carbons (Fsp3) is 0.240. The first-order valence-electron chi connectivity index (χ1n) is 10.1. The van der Waals surface area contributed by atoms with Gasteiger partial charge in [0.2, 0.25) is 0 Å². The summed E-state index contributed by atoms with van der Waals surface area (Å²) in [7, 11) is 0. The monoisotopic (exact) mass is 398 g/mol. The normalized spacial score (nSPS) is 19.8. The summed E-state index contributed by atoms with van der Waals surface area (Å²) in [6.07, 6.45) is 1.27. The molecule has 30 heavy (non-hydrogen) atoms. The first-order chi connectivity index (χ1) is 14.3. The van der Waals surface area contributed by atoms with Crippen LogP contribution in [0.15, 0.2) is 66.2 Å². The Morgan fingerprint density at radius 2 is 1.73 bits per heavy atom. The van der Waals surface area contributed by atoms with E-state index in [1.165, 1.54) is 6.07 Å². The first kappa shape index (κ1) is 18.6. The Kier molecular flexibility index (Phi) is 4.03. The van der Waals surface area contributed by atoms with E-state index in [2.05, 4.69) is 43.4 Å². The lowest BCUT2D eigenvalue weighted by Crippen LogP contribution is -2.33. The smallest absolute Gasteiger partial charge is 0.269 e. The van der Waals surface area contributed by atoms with Crippen LogP contribution >= 0.6 is 0 Å². The molecule has 2 aliphatic rings. The van der Waals surface area contributed by atoms with Gasteiger partial charge in [-0.2, -0.15) is 0 Å². The van der Waals surface area contributed by atoms with E-state index in [0.29, 0.717) is 6.42 Å². The van der Waals surface area contributed by atoms with Gasteiger partial charge in [0.25, 0.3) is 5.69 Å². The lowest BCUT2D eigenvalue weighted by Gasteiger charge is -2.39. The van der Waals surface area contributed by atoms with E-state index in [1.54, 1.807) is 12.1 Å². The van der Waals surface area contributed by atoms with Gasteiger partial charge in [-0.1, -0.05) is 50.2 Å². The molecule has 1 unspecified atom stereocenters. The fourth-order valence-corrected chi connectivity index (χ4v) is 4.81. The molecule has 1 atom stereocenters. The molecule has 0 fully saturated rings. The topological polar surface area (TPSA) is 72.2 Å². The summed E-state index contributed by atoms with van der Waals surface area (Å²) >= 11 is 0. The summed E-state index contributed by atoms with van der Waals surface area (Å²) in [6, 6.07) is 18.6. The largest absolute Gasteiger partial charge is 0.373 e. The second kappa shape index (κ2) is 6.52. The minimum absolute atomic E-state index is 0.0318. The third kappa shape index (κ3) is 2.98. The maximum Gasteiger partial charge on any atom is 0.269 e. The molecule has 0 radical (unpaired) electrons. The molecule has 150 valence electrons. The van der Waals surface area contributed by atoms with Gasteiger partial charge in [-0.15, -0.1) is 0 Å². The van der Waals surface area contributed by atoms with Crippen LogP contribution in [0.2, 0.25) is 0 Å². The van der Waals surface area contributed by atoms with Crippen molar-refractivity contribution in [1.29, 1.82) is 0 Å². The molecule has 0 spiro atoms. The van der Waals surface area contributed by atoms with Crippen LogP contribution in [0.5, 0.6) is 0 Å².